The van der Waals surface area contributed by atoms with Gasteiger partial charge >= 0.3 is 0 Å². The van der Waals surface area contributed by atoms with E-state index < -0.39 is 5.92 Å². The molecule has 4 heteroatoms. The minimum absolute atomic E-state index is 0.0570. The Hall–Kier alpha value is -2.67. The molecule has 4 rings (SSSR count). The largest absolute Gasteiger partial charge is 0.325 e. The van der Waals surface area contributed by atoms with Gasteiger partial charge in [-0.1, -0.05) is 25.1 Å². The molecule has 4 nitrogen and oxygen atoms in total. The molecule has 2 atom stereocenters. The third-order valence-corrected chi connectivity index (χ3v) is 4.90. The zero-order chi connectivity index (χ0) is 16.0. The van der Waals surface area contributed by atoms with E-state index in [1.54, 1.807) is 18.2 Å². The SMILES string of the molecule is [C-]#[N+]c1ccc2c(c1)C(c1ccc3c(n1)CCCC3C)C(=O)N2. The van der Waals surface area contributed by atoms with Gasteiger partial charge in [0.2, 0.25) is 5.91 Å². The van der Waals surface area contributed by atoms with Crippen molar-refractivity contribution in [1.29, 1.82) is 0 Å². The normalized spacial score (nSPS) is 22.0. The molecule has 114 valence electrons. The second kappa shape index (κ2) is 5.20. The van der Waals surface area contributed by atoms with E-state index in [0.29, 0.717) is 11.6 Å². The number of nitrogens with one attached hydrogen (secondary N) is 1. The van der Waals surface area contributed by atoms with Crippen molar-refractivity contribution in [2.75, 3.05) is 5.32 Å². The van der Waals surface area contributed by atoms with Gasteiger partial charge in [0.1, 0.15) is 5.92 Å². The lowest BCUT2D eigenvalue weighted by Gasteiger charge is -2.22. The maximum absolute atomic E-state index is 12.4. The van der Waals surface area contributed by atoms with Crippen LogP contribution in [0.5, 0.6) is 0 Å². The summed E-state index contributed by atoms with van der Waals surface area (Å²) in [7, 11) is 0. The summed E-state index contributed by atoms with van der Waals surface area (Å²) >= 11 is 0. The molecule has 2 aliphatic rings. The van der Waals surface area contributed by atoms with Crippen molar-refractivity contribution in [1.82, 2.24) is 4.98 Å². The van der Waals surface area contributed by atoms with E-state index in [4.69, 9.17) is 11.6 Å². The van der Waals surface area contributed by atoms with Gasteiger partial charge in [0.05, 0.1) is 12.3 Å². The van der Waals surface area contributed by atoms with Gasteiger partial charge in [-0.3, -0.25) is 9.78 Å². The molecule has 1 aromatic heterocycles. The molecule has 1 aliphatic heterocycles. The van der Waals surface area contributed by atoms with Crippen molar-refractivity contribution in [3.05, 3.63) is 64.3 Å². The molecular formula is C19H17N3O. The van der Waals surface area contributed by atoms with Gasteiger partial charge in [-0.05, 0) is 48.4 Å². The van der Waals surface area contributed by atoms with Crippen LogP contribution in [0.4, 0.5) is 11.4 Å². The van der Waals surface area contributed by atoms with Crippen LogP contribution in [0.1, 0.15) is 54.1 Å². The molecule has 0 saturated carbocycles. The van der Waals surface area contributed by atoms with Crippen LogP contribution in [-0.4, -0.2) is 10.9 Å². The van der Waals surface area contributed by atoms with Crippen molar-refractivity contribution in [2.45, 2.75) is 38.0 Å². The number of rotatable bonds is 1. The summed E-state index contributed by atoms with van der Waals surface area (Å²) < 4.78 is 0. The lowest BCUT2D eigenvalue weighted by atomic mass is 9.86. The van der Waals surface area contributed by atoms with Gasteiger partial charge in [0.25, 0.3) is 0 Å². The monoisotopic (exact) mass is 303 g/mol. The number of anilines is 1. The molecule has 1 aliphatic carbocycles. The number of benzene rings is 1. The Labute approximate surface area is 135 Å². The summed E-state index contributed by atoms with van der Waals surface area (Å²) in [4.78, 5) is 20.7. The Morgan fingerprint density at radius 2 is 2.13 bits per heavy atom. The standard InChI is InChI=1S/C19H17N3O/c1-11-4-3-5-15-13(11)7-9-17(21-15)18-14-10-12(20-2)6-8-16(14)22-19(18)23/h6-11,18H,3-5H2,1H3,(H,22,23). The number of pyridine rings is 1. The highest BCUT2D eigenvalue weighted by atomic mass is 16.2. The summed E-state index contributed by atoms with van der Waals surface area (Å²) in [6.07, 6.45) is 3.34. The third kappa shape index (κ3) is 2.20. The number of fused-ring (bicyclic) bond motifs is 2. The molecule has 0 spiro atoms. The molecule has 1 aromatic carbocycles. The smallest absolute Gasteiger partial charge is 0.238 e. The Bertz CT molecular complexity index is 850. The maximum Gasteiger partial charge on any atom is 0.238 e. The fraction of sp³-hybridized carbons (Fsp3) is 0.316. The summed E-state index contributed by atoms with van der Waals surface area (Å²) in [5, 5.41) is 2.90. The van der Waals surface area contributed by atoms with Crippen LogP contribution in [-0.2, 0) is 11.2 Å². The van der Waals surface area contributed by atoms with Gasteiger partial charge in [-0.25, -0.2) is 4.85 Å². The van der Waals surface area contributed by atoms with E-state index in [9.17, 15) is 4.79 Å². The van der Waals surface area contributed by atoms with Crippen molar-refractivity contribution < 1.29 is 4.79 Å². The first-order valence-electron chi connectivity index (χ1n) is 7.99. The highest BCUT2D eigenvalue weighted by molar-refractivity contribution is 6.05. The molecule has 2 heterocycles. The Kier molecular flexibility index (Phi) is 3.16. The molecule has 1 N–H and O–H groups in total. The number of hydrogen-bond acceptors (Lipinski definition) is 2. The maximum atomic E-state index is 12.4. The lowest BCUT2D eigenvalue weighted by Crippen LogP contribution is -2.17. The fourth-order valence-corrected chi connectivity index (χ4v) is 3.68. The summed E-state index contributed by atoms with van der Waals surface area (Å²) in [5.41, 5.74) is 5.44. The first-order valence-corrected chi connectivity index (χ1v) is 7.99. The van der Waals surface area contributed by atoms with Crippen LogP contribution < -0.4 is 5.32 Å². The number of aryl methyl sites for hydroxylation is 1. The van der Waals surface area contributed by atoms with Crippen LogP contribution in [0, 0.1) is 6.57 Å². The predicted octanol–water partition coefficient (Wildman–Crippen LogP) is 4.16. The zero-order valence-corrected chi connectivity index (χ0v) is 13.0. The van der Waals surface area contributed by atoms with Crippen LogP contribution in [0.15, 0.2) is 30.3 Å². The topological polar surface area (TPSA) is 46.4 Å². The van der Waals surface area contributed by atoms with E-state index in [2.05, 4.69) is 23.2 Å². The van der Waals surface area contributed by atoms with Crippen LogP contribution in [0.3, 0.4) is 0 Å². The van der Waals surface area contributed by atoms with Gasteiger partial charge in [0.15, 0.2) is 5.69 Å². The molecule has 0 radical (unpaired) electrons. The highest BCUT2D eigenvalue weighted by Gasteiger charge is 2.33. The third-order valence-electron chi connectivity index (χ3n) is 4.90. The number of carbonyl (C=O) groups excluding carboxylic acids is 1. The van der Waals surface area contributed by atoms with Crippen LogP contribution >= 0.6 is 0 Å². The predicted molar refractivity (Wildman–Crippen MR) is 88.8 cm³/mol. The molecule has 0 fully saturated rings. The van der Waals surface area contributed by atoms with Crippen molar-refractivity contribution in [3.8, 4) is 0 Å². The molecule has 0 saturated heterocycles. The van der Waals surface area contributed by atoms with E-state index in [-0.39, 0.29) is 5.91 Å². The van der Waals surface area contributed by atoms with Crippen molar-refractivity contribution in [3.63, 3.8) is 0 Å². The van der Waals surface area contributed by atoms with Crippen LogP contribution in [0.25, 0.3) is 4.85 Å². The van der Waals surface area contributed by atoms with E-state index in [1.165, 1.54) is 12.0 Å². The summed E-state index contributed by atoms with van der Waals surface area (Å²) in [5.74, 6) is 0.0754. The highest BCUT2D eigenvalue weighted by Crippen LogP contribution is 2.40. The second-order valence-corrected chi connectivity index (χ2v) is 6.37. The van der Waals surface area contributed by atoms with E-state index in [0.717, 1.165) is 35.5 Å². The molecule has 1 amide bonds. The first-order chi connectivity index (χ1) is 11.2. The molecule has 0 bridgehead atoms. The number of nitrogens with zero attached hydrogens (tertiary/aromatic N) is 2. The van der Waals surface area contributed by atoms with E-state index in [1.807, 2.05) is 6.07 Å². The lowest BCUT2D eigenvalue weighted by molar-refractivity contribution is -0.116. The summed E-state index contributed by atoms with van der Waals surface area (Å²) in [6, 6.07) is 9.45. The second-order valence-electron chi connectivity index (χ2n) is 6.37. The minimum atomic E-state index is -0.408. The number of amides is 1. The van der Waals surface area contributed by atoms with Crippen molar-refractivity contribution in [2.24, 2.45) is 0 Å². The number of aromatic nitrogens is 1. The Morgan fingerprint density at radius 3 is 2.96 bits per heavy atom. The molecule has 2 unspecified atom stereocenters. The van der Waals surface area contributed by atoms with Gasteiger partial charge in [-0.2, -0.15) is 0 Å². The Morgan fingerprint density at radius 1 is 1.26 bits per heavy atom. The zero-order valence-electron chi connectivity index (χ0n) is 13.0. The molecular weight excluding hydrogens is 286 g/mol. The molecule has 2 aromatic rings. The van der Waals surface area contributed by atoms with Gasteiger partial charge in [0, 0.05) is 11.4 Å². The number of carbonyl (C=O) groups is 1. The number of hydrogen-bond donors (Lipinski definition) is 1. The van der Waals surface area contributed by atoms with Crippen LogP contribution in [0.2, 0.25) is 0 Å². The van der Waals surface area contributed by atoms with E-state index >= 15 is 0 Å². The summed E-state index contributed by atoms with van der Waals surface area (Å²) in [6.45, 7) is 9.41. The average Bonchev–Trinajstić information content (AvgIpc) is 2.89. The quantitative estimate of drug-likeness (QED) is 0.804. The van der Waals surface area contributed by atoms with Gasteiger partial charge in [-0.15, -0.1) is 0 Å². The fourth-order valence-electron chi connectivity index (χ4n) is 3.68. The average molecular weight is 303 g/mol. The minimum Gasteiger partial charge on any atom is -0.325 e. The Balaban J connectivity index is 1.80. The first kappa shape index (κ1) is 14.0. The van der Waals surface area contributed by atoms with Crippen molar-refractivity contribution >= 4 is 17.3 Å². The molecule has 23 heavy (non-hydrogen) atoms. The van der Waals surface area contributed by atoms with Gasteiger partial charge < -0.3 is 5.32 Å².